The van der Waals surface area contributed by atoms with E-state index in [-0.39, 0.29) is 5.91 Å². The Morgan fingerprint density at radius 2 is 2.12 bits per heavy atom. The Balaban J connectivity index is 1.59. The lowest BCUT2D eigenvalue weighted by atomic mass is 10.00. The van der Waals surface area contributed by atoms with Crippen LogP contribution in [0.2, 0.25) is 0 Å². The van der Waals surface area contributed by atoms with E-state index in [1.54, 1.807) is 12.1 Å². The smallest absolute Gasteiger partial charge is 0.261 e. The first-order valence-corrected chi connectivity index (χ1v) is 8.41. The molecule has 0 saturated carbocycles. The van der Waals surface area contributed by atoms with Gasteiger partial charge in [0.2, 0.25) is 0 Å². The number of benzene rings is 1. The number of aromatic nitrogens is 1. The number of hydrogen-bond donors (Lipinski definition) is 1. The number of likely N-dealkylation sites (tertiary alicyclic amines) is 1. The summed E-state index contributed by atoms with van der Waals surface area (Å²) in [6.45, 7) is 5.57. The van der Waals surface area contributed by atoms with Gasteiger partial charge in [0.15, 0.2) is 12.4 Å². The van der Waals surface area contributed by atoms with Crippen LogP contribution >= 0.6 is 0 Å². The summed E-state index contributed by atoms with van der Waals surface area (Å²) in [5.41, 5.74) is 2.33. The molecule has 0 unspecified atom stereocenters. The average Bonchev–Trinajstić information content (AvgIpc) is 2.57. The van der Waals surface area contributed by atoms with Gasteiger partial charge in [0, 0.05) is 24.8 Å². The molecule has 1 aliphatic heterocycles. The summed E-state index contributed by atoms with van der Waals surface area (Å²) in [5.74, 6) is 0.491. The standard InChI is InChI=1S/C19H23N3O2/c1-15-4-2-10-21(12-15)13-16-6-8-18(9-7-16)20-19(23)17-5-3-11-22(24)14-17/h3,5-9,11,14-15H,2,4,10,12-13H2,1H3,(H,20,23)/t15-/m0/s1. The molecule has 5 heteroatoms. The summed E-state index contributed by atoms with van der Waals surface area (Å²) in [6, 6.07) is 11.1. The molecule has 1 aromatic carbocycles. The van der Waals surface area contributed by atoms with Crippen LogP contribution in [0.25, 0.3) is 0 Å². The maximum Gasteiger partial charge on any atom is 0.261 e. The zero-order chi connectivity index (χ0) is 16.9. The molecule has 5 nitrogen and oxygen atoms in total. The molecule has 1 aromatic heterocycles. The lowest BCUT2D eigenvalue weighted by molar-refractivity contribution is -0.605. The molecule has 3 rings (SSSR count). The zero-order valence-electron chi connectivity index (χ0n) is 13.9. The number of nitrogens with one attached hydrogen (secondary N) is 1. The first-order chi connectivity index (χ1) is 11.6. The normalized spacial score (nSPS) is 18.3. The van der Waals surface area contributed by atoms with Gasteiger partial charge in [-0.1, -0.05) is 19.1 Å². The third-order valence-electron chi connectivity index (χ3n) is 4.40. The van der Waals surface area contributed by atoms with Gasteiger partial charge in [0.25, 0.3) is 5.91 Å². The number of piperidine rings is 1. The molecule has 1 N–H and O–H groups in total. The maximum absolute atomic E-state index is 12.1. The Kier molecular flexibility index (Phi) is 5.11. The van der Waals surface area contributed by atoms with Crippen LogP contribution in [0.3, 0.4) is 0 Å². The van der Waals surface area contributed by atoms with E-state index in [4.69, 9.17) is 0 Å². The lowest BCUT2D eigenvalue weighted by Gasteiger charge is -2.30. The zero-order valence-corrected chi connectivity index (χ0v) is 13.9. The quantitative estimate of drug-likeness (QED) is 0.694. The molecule has 1 fully saturated rings. The fourth-order valence-electron chi connectivity index (χ4n) is 3.17. The van der Waals surface area contributed by atoms with Crippen molar-refractivity contribution in [2.45, 2.75) is 26.3 Å². The summed E-state index contributed by atoms with van der Waals surface area (Å²) < 4.78 is 0.623. The molecule has 2 heterocycles. The second kappa shape index (κ2) is 7.45. The predicted molar refractivity (Wildman–Crippen MR) is 93.5 cm³/mol. The maximum atomic E-state index is 12.1. The Labute approximate surface area is 142 Å². The first kappa shape index (κ1) is 16.5. The Bertz CT molecular complexity index is 700. The number of carbonyl (C=O) groups is 1. The van der Waals surface area contributed by atoms with Crippen LogP contribution in [-0.2, 0) is 6.54 Å². The predicted octanol–water partition coefficient (Wildman–Crippen LogP) is 2.80. The van der Waals surface area contributed by atoms with Crippen molar-refractivity contribution in [2.24, 2.45) is 5.92 Å². The second-order valence-electron chi connectivity index (χ2n) is 6.59. The number of amides is 1. The van der Waals surface area contributed by atoms with Crippen LogP contribution in [0.1, 0.15) is 35.7 Å². The van der Waals surface area contributed by atoms with E-state index in [2.05, 4.69) is 17.1 Å². The molecular formula is C19H23N3O2. The van der Waals surface area contributed by atoms with Crippen molar-refractivity contribution in [3.8, 4) is 0 Å². The average molecular weight is 325 g/mol. The van der Waals surface area contributed by atoms with Crippen molar-refractivity contribution in [1.82, 2.24) is 4.90 Å². The number of rotatable bonds is 4. The van der Waals surface area contributed by atoms with Crippen LogP contribution in [0.5, 0.6) is 0 Å². The van der Waals surface area contributed by atoms with E-state index < -0.39 is 0 Å². The number of nitrogens with zero attached hydrogens (tertiary/aromatic N) is 2. The number of hydrogen-bond acceptors (Lipinski definition) is 3. The molecule has 1 amide bonds. The fraction of sp³-hybridized carbons (Fsp3) is 0.368. The van der Waals surface area contributed by atoms with E-state index in [0.717, 1.165) is 31.2 Å². The minimum absolute atomic E-state index is 0.280. The van der Waals surface area contributed by atoms with Crippen molar-refractivity contribution in [2.75, 3.05) is 18.4 Å². The summed E-state index contributed by atoms with van der Waals surface area (Å²) in [6.07, 6.45) is 5.21. The molecule has 1 atom stereocenters. The van der Waals surface area contributed by atoms with Gasteiger partial charge in [-0.2, -0.15) is 4.73 Å². The summed E-state index contributed by atoms with van der Waals surface area (Å²) in [7, 11) is 0. The molecule has 0 bridgehead atoms. The highest BCUT2D eigenvalue weighted by Crippen LogP contribution is 2.19. The molecule has 1 saturated heterocycles. The van der Waals surface area contributed by atoms with Gasteiger partial charge in [-0.3, -0.25) is 9.69 Å². The minimum Gasteiger partial charge on any atom is -0.619 e. The monoisotopic (exact) mass is 325 g/mol. The molecule has 24 heavy (non-hydrogen) atoms. The third-order valence-corrected chi connectivity index (χ3v) is 4.40. The van der Waals surface area contributed by atoms with Gasteiger partial charge in [-0.15, -0.1) is 0 Å². The molecule has 0 aliphatic carbocycles. The molecule has 0 radical (unpaired) electrons. The number of carbonyl (C=O) groups excluding carboxylic acids is 1. The van der Waals surface area contributed by atoms with Crippen molar-refractivity contribution in [3.05, 3.63) is 65.1 Å². The summed E-state index contributed by atoms with van der Waals surface area (Å²) in [5, 5.41) is 14.1. The van der Waals surface area contributed by atoms with Crippen LogP contribution in [-0.4, -0.2) is 23.9 Å². The molecule has 126 valence electrons. The van der Waals surface area contributed by atoms with Gasteiger partial charge in [0.1, 0.15) is 5.56 Å². The highest BCUT2D eigenvalue weighted by molar-refractivity contribution is 6.03. The van der Waals surface area contributed by atoms with Crippen LogP contribution < -0.4 is 10.0 Å². The second-order valence-corrected chi connectivity index (χ2v) is 6.59. The molecular weight excluding hydrogens is 302 g/mol. The number of pyridine rings is 1. The SMILES string of the molecule is C[C@H]1CCCN(Cc2ccc(NC(=O)c3ccc[n+]([O-])c3)cc2)C1. The van der Waals surface area contributed by atoms with Gasteiger partial charge < -0.3 is 10.5 Å². The van der Waals surface area contributed by atoms with Crippen molar-refractivity contribution < 1.29 is 9.52 Å². The van der Waals surface area contributed by atoms with Gasteiger partial charge in [-0.05, 0) is 49.1 Å². The third kappa shape index (κ3) is 4.32. The largest absolute Gasteiger partial charge is 0.619 e. The van der Waals surface area contributed by atoms with Gasteiger partial charge in [-0.25, -0.2) is 0 Å². The lowest BCUT2D eigenvalue weighted by Crippen LogP contribution is -2.33. The summed E-state index contributed by atoms with van der Waals surface area (Å²) in [4.78, 5) is 14.6. The fourth-order valence-corrected chi connectivity index (χ4v) is 3.17. The molecule has 0 spiro atoms. The van der Waals surface area contributed by atoms with E-state index in [9.17, 15) is 10.0 Å². The first-order valence-electron chi connectivity index (χ1n) is 8.41. The Morgan fingerprint density at radius 3 is 2.83 bits per heavy atom. The van der Waals surface area contributed by atoms with Gasteiger partial charge in [0.05, 0.1) is 0 Å². The van der Waals surface area contributed by atoms with Crippen molar-refractivity contribution >= 4 is 11.6 Å². The van der Waals surface area contributed by atoms with E-state index in [1.807, 2.05) is 24.3 Å². The van der Waals surface area contributed by atoms with E-state index in [0.29, 0.717) is 10.3 Å². The van der Waals surface area contributed by atoms with Crippen LogP contribution in [0.15, 0.2) is 48.8 Å². The van der Waals surface area contributed by atoms with Crippen molar-refractivity contribution in [1.29, 1.82) is 0 Å². The van der Waals surface area contributed by atoms with Gasteiger partial charge >= 0.3 is 0 Å². The van der Waals surface area contributed by atoms with Crippen LogP contribution in [0, 0.1) is 11.1 Å². The van der Waals surface area contributed by atoms with E-state index in [1.165, 1.54) is 30.8 Å². The molecule has 2 aromatic rings. The summed E-state index contributed by atoms with van der Waals surface area (Å²) >= 11 is 0. The van der Waals surface area contributed by atoms with E-state index >= 15 is 0 Å². The topological polar surface area (TPSA) is 59.3 Å². The highest BCUT2D eigenvalue weighted by Gasteiger charge is 2.16. The van der Waals surface area contributed by atoms with Crippen molar-refractivity contribution in [3.63, 3.8) is 0 Å². The molecule has 1 aliphatic rings. The van der Waals surface area contributed by atoms with Crippen LogP contribution in [0.4, 0.5) is 5.69 Å². The number of anilines is 1. The Morgan fingerprint density at radius 1 is 1.33 bits per heavy atom. The highest BCUT2D eigenvalue weighted by atomic mass is 16.5. The minimum atomic E-state index is -0.280. The Hall–Kier alpha value is -2.40.